The Hall–Kier alpha value is -4.61. The summed E-state index contributed by atoms with van der Waals surface area (Å²) in [6, 6.07) is 12.3. The summed E-state index contributed by atoms with van der Waals surface area (Å²) in [6.07, 6.45) is -1.02. The third kappa shape index (κ3) is 4.78. The van der Waals surface area contributed by atoms with Crippen LogP contribution < -0.4 is 0 Å². The summed E-state index contributed by atoms with van der Waals surface area (Å²) >= 11 is 0. The lowest BCUT2D eigenvalue weighted by molar-refractivity contribution is -0.170. The van der Waals surface area contributed by atoms with Crippen molar-refractivity contribution in [1.82, 2.24) is 14.9 Å². The number of nitrogens with one attached hydrogen (secondary N) is 1. The van der Waals surface area contributed by atoms with Gasteiger partial charge < -0.3 is 10.2 Å². The number of amides is 4. The van der Waals surface area contributed by atoms with Crippen molar-refractivity contribution in [2.45, 2.75) is 44.9 Å². The van der Waals surface area contributed by atoms with Crippen LogP contribution in [0, 0.1) is 5.53 Å². The number of carboxylic acids is 2. The Labute approximate surface area is 206 Å². The first-order valence-corrected chi connectivity index (χ1v) is 10.9. The van der Waals surface area contributed by atoms with Gasteiger partial charge in [0.25, 0.3) is 5.91 Å². The topological polar surface area (TPSA) is 172 Å². The van der Waals surface area contributed by atoms with Crippen molar-refractivity contribution in [2.24, 2.45) is 5.11 Å². The molecule has 0 saturated carbocycles. The van der Waals surface area contributed by atoms with Crippen LogP contribution in [0.25, 0.3) is 0 Å². The zero-order valence-electron chi connectivity index (χ0n) is 19.6. The van der Waals surface area contributed by atoms with Gasteiger partial charge in [-0.15, -0.1) is 0 Å². The largest absolute Gasteiger partial charge is 0.481 e. The van der Waals surface area contributed by atoms with Gasteiger partial charge in [0.1, 0.15) is 5.54 Å². The van der Waals surface area contributed by atoms with Crippen molar-refractivity contribution in [3.05, 3.63) is 71.3 Å². The van der Waals surface area contributed by atoms with E-state index in [9.17, 15) is 34.2 Å². The Kier molecular flexibility index (Phi) is 7.47. The fraction of sp³-hybridized carbons (Fsp3) is 0.292. The standard InChI is InChI=1S/C24H25N5O7/c1-15(30)28(19(21(33)34)12-20(31)32)29-22(35)24(2,18-10-8-16(9-11-18)13-26-25)27(23(29)36)14-17-6-4-3-5-7-17/h3-11,19,25H,12-14H2,1-2H3,(H,31,32)(H,33,34)/t19-,24+/m0/s1. The minimum absolute atomic E-state index is 0.0510. The summed E-state index contributed by atoms with van der Waals surface area (Å²) in [5.41, 5.74) is 7.11. The van der Waals surface area contributed by atoms with Crippen molar-refractivity contribution < 1.29 is 34.2 Å². The Balaban J connectivity index is 2.16. The van der Waals surface area contributed by atoms with Gasteiger partial charge in [0.05, 0.1) is 13.0 Å². The molecule has 12 nitrogen and oxygen atoms in total. The predicted molar refractivity (Wildman–Crippen MR) is 123 cm³/mol. The van der Waals surface area contributed by atoms with Gasteiger partial charge >= 0.3 is 18.0 Å². The maximum atomic E-state index is 13.9. The van der Waals surface area contributed by atoms with E-state index in [1.54, 1.807) is 54.6 Å². The van der Waals surface area contributed by atoms with E-state index in [4.69, 9.17) is 5.53 Å². The second-order valence-electron chi connectivity index (χ2n) is 8.37. The highest BCUT2D eigenvalue weighted by molar-refractivity contribution is 6.08. The van der Waals surface area contributed by atoms with Crippen LogP contribution in [0.15, 0.2) is 59.7 Å². The number of hydrogen-bond donors (Lipinski definition) is 3. The highest BCUT2D eigenvalue weighted by atomic mass is 16.4. The molecule has 2 atom stereocenters. The summed E-state index contributed by atoms with van der Waals surface area (Å²) in [4.78, 5) is 64.6. The second kappa shape index (κ2) is 10.3. The molecular weight excluding hydrogens is 470 g/mol. The lowest BCUT2D eigenvalue weighted by Crippen LogP contribution is -2.57. The number of nitrogens with zero attached hydrogens (tertiary/aromatic N) is 4. The van der Waals surface area contributed by atoms with Crippen molar-refractivity contribution in [2.75, 3.05) is 0 Å². The third-order valence-electron chi connectivity index (χ3n) is 6.01. The van der Waals surface area contributed by atoms with E-state index < -0.39 is 47.8 Å². The number of carbonyl (C=O) groups is 5. The number of urea groups is 1. The first-order valence-electron chi connectivity index (χ1n) is 10.9. The highest BCUT2D eigenvalue weighted by Crippen LogP contribution is 2.40. The molecule has 2 aromatic rings. The van der Waals surface area contributed by atoms with E-state index >= 15 is 0 Å². The normalized spacial score (nSPS) is 18.2. The van der Waals surface area contributed by atoms with E-state index in [2.05, 4.69) is 5.11 Å². The number of rotatable bonds is 10. The molecule has 0 unspecified atom stereocenters. The molecule has 2 aromatic carbocycles. The fourth-order valence-corrected chi connectivity index (χ4v) is 4.14. The van der Waals surface area contributed by atoms with Gasteiger partial charge in [0, 0.05) is 13.5 Å². The molecule has 1 aliphatic heterocycles. The molecule has 36 heavy (non-hydrogen) atoms. The highest BCUT2D eigenvalue weighted by Gasteiger charge is 2.59. The molecule has 0 aliphatic carbocycles. The van der Waals surface area contributed by atoms with E-state index in [0.717, 1.165) is 6.92 Å². The number of hydrazine groups is 1. The average Bonchev–Trinajstić information content (AvgIpc) is 3.01. The number of imide groups is 1. The molecule has 1 fully saturated rings. The molecule has 12 heteroatoms. The number of hydrogen-bond acceptors (Lipinski definition) is 7. The van der Waals surface area contributed by atoms with Crippen molar-refractivity contribution in [1.29, 1.82) is 5.53 Å². The number of carboxylic acid groups (broad SMARTS) is 2. The van der Waals surface area contributed by atoms with Crippen LogP contribution in [-0.4, -0.2) is 61.0 Å². The predicted octanol–water partition coefficient (Wildman–Crippen LogP) is 2.59. The van der Waals surface area contributed by atoms with Crippen LogP contribution in [0.3, 0.4) is 0 Å². The molecule has 0 aromatic heterocycles. The van der Waals surface area contributed by atoms with Gasteiger partial charge in [-0.25, -0.2) is 20.1 Å². The van der Waals surface area contributed by atoms with Crippen LogP contribution >= 0.6 is 0 Å². The van der Waals surface area contributed by atoms with Gasteiger partial charge in [-0.1, -0.05) is 54.6 Å². The summed E-state index contributed by atoms with van der Waals surface area (Å²) in [5, 5.41) is 23.0. The summed E-state index contributed by atoms with van der Waals surface area (Å²) in [5.74, 6) is -5.10. The molecular formula is C24H25N5O7. The van der Waals surface area contributed by atoms with E-state index in [-0.39, 0.29) is 13.1 Å². The smallest absolute Gasteiger partial charge is 0.347 e. The van der Waals surface area contributed by atoms with Crippen LogP contribution in [-0.2, 0) is 37.8 Å². The van der Waals surface area contributed by atoms with Crippen LogP contribution in [0.4, 0.5) is 4.79 Å². The van der Waals surface area contributed by atoms with Crippen molar-refractivity contribution >= 4 is 29.8 Å². The van der Waals surface area contributed by atoms with Crippen LogP contribution in [0.5, 0.6) is 0 Å². The van der Waals surface area contributed by atoms with E-state index in [0.29, 0.717) is 26.7 Å². The van der Waals surface area contributed by atoms with E-state index in [1.165, 1.54) is 11.8 Å². The van der Waals surface area contributed by atoms with Crippen molar-refractivity contribution in [3.63, 3.8) is 0 Å². The molecule has 4 amide bonds. The average molecular weight is 495 g/mol. The summed E-state index contributed by atoms with van der Waals surface area (Å²) in [7, 11) is 0. The molecule has 0 radical (unpaired) electrons. The fourth-order valence-electron chi connectivity index (χ4n) is 4.14. The molecule has 3 N–H and O–H groups in total. The lowest BCUT2D eigenvalue weighted by Gasteiger charge is -2.33. The Morgan fingerprint density at radius 1 is 1.03 bits per heavy atom. The molecule has 188 valence electrons. The molecule has 1 aliphatic rings. The van der Waals surface area contributed by atoms with Crippen LogP contribution in [0.2, 0.25) is 0 Å². The van der Waals surface area contributed by atoms with Crippen LogP contribution in [0.1, 0.15) is 37.0 Å². The first-order chi connectivity index (χ1) is 17.0. The SMILES string of the molecule is CC(=O)N([C@@H](CC(=O)O)C(=O)O)N1C(=O)N(Cc2ccccc2)[C@](C)(c2ccc(CN=N)cc2)C1=O. The molecule has 1 saturated heterocycles. The maximum Gasteiger partial charge on any atom is 0.347 e. The number of benzene rings is 2. The first kappa shape index (κ1) is 26.0. The van der Waals surface area contributed by atoms with Gasteiger partial charge in [-0.2, -0.15) is 10.1 Å². The molecule has 0 spiro atoms. The zero-order chi connectivity index (χ0) is 26.6. The number of aliphatic carboxylic acids is 2. The molecule has 0 bridgehead atoms. The Morgan fingerprint density at radius 3 is 2.14 bits per heavy atom. The lowest BCUT2D eigenvalue weighted by atomic mass is 9.89. The Bertz CT molecular complexity index is 1200. The van der Waals surface area contributed by atoms with E-state index in [1.807, 2.05) is 0 Å². The second-order valence-corrected chi connectivity index (χ2v) is 8.37. The minimum Gasteiger partial charge on any atom is -0.481 e. The minimum atomic E-state index is -1.99. The summed E-state index contributed by atoms with van der Waals surface area (Å²) < 4.78 is 0. The monoisotopic (exact) mass is 495 g/mol. The number of carbonyl (C=O) groups excluding carboxylic acids is 3. The molecule has 3 rings (SSSR count). The molecule has 1 heterocycles. The maximum absolute atomic E-state index is 13.9. The van der Waals surface area contributed by atoms with Gasteiger partial charge in [0.15, 0.2) is 6.04 Å². The quantitative estimate of drug-likeness (QED) is 0.336. The Morgan fingerprint density at radius 2 is 1.64 bits per heavy atom. The summed E-state index contributed by atoms with van der Waals surface area (Å²) in [6.45, 7) is 2.50. The van der Waals surface area contributed by atoms with Gasteiger partial charge in [-0.3, -0.25) is 19.3 Å². The van der Waals surface area contributed by atoms with Crippen molar-refractivity contribution in [3.8, 4) is 0 Å². The third-order valence-corrected chi connectivity index (χ3v) is 6.01. The zero-order valence-corrected chi connectivity index (χ0v) is 19.6. The van der Waals surface area contributed by atoms with Gasteiger partial charge in [0.2, 0.25) is 5.91 Å². The van der Waals surface area contributed by atoms with Gasteiger partial charge in [-0.05, 0) is 23.6 Å².